The molecule has 1 aromatic rings. The van der Waals surface area contributed by atoms with E-state index in [1.54, 1.807) is 23.8 Å². The molecule has 0 aromatic heterocycles. The maximum Gasteiger partial charge on any atom is 0.119 e. The summed E-state index contributed by atoms with van der Waals surface area (Å²) >= 11 is 0. The van der Waals surface area contributed by atoms with Crippen LogP contribution < -0.4 is 4.74 Å². The summed E-state index contributed by atoms with van der Waals surface area (Å²) in [4.78, 5) is 0. The Labute approximate surface area is 134 Å². The monoisotopic (exact) mass is 296 g/mol. The highest BCUT2D eigenvalue weighted by atomic mass is 16.5. The molecular formula is C21H28O. The van der Waals surface area contributed by atoms with Crippen molar-refractivity contribution in [3.63, 3.8) is 0 Å². The van der Waals surface area contributed by atoms with Crippen LogP contribution in [-0.4, -0.2) is 7.11 Å². The molecule has 22 heavy (non-hydrogen) atoms. The fourth-order valence-corrected chi connectivity index (χ4v) is 6.01. The van der Waals surface area contributed by atoms with Crippen molar-refractivity contribution in [2.75, 3.05) is 7.11 Å². The van der Waals surface area contributed by atoms with Crippen LogP contribution in [0.25, 0.3) is 0 Å². The first-order chi connectivity index (χ1) is 10.7. The molecule has 1 aromatic carbocycles. The van der Waals surface area contributed by atoms with E-state index in [9.17, 15) is 0 Å². The summed E-state index contributed by atoms with van der Waals surface area (Å²) in [6.07, 6.45) is 10.5. The van der Waals surface area contributed by atoms with Gasteiger partial charge in [0.15, 0.2) is 0 Å². The molecular weight excluding hydrogens is 268 g/mol. The van der Waals surface area contributed by atoms with Gasteiger partial charge in [-0.15, -0.1) is 0 Å². The van der Waals surface area contributed by atoms with Gasteiger partial charge in [0.25, 0.3) is 0 Å². The van der Waals surface area contributed by atoms with Crippen molar-refractivity contribution in [3.8, 4) is 5.75 Å². The summed E-state index contributed by atoms with van der Waals surface area (Å²) in [6.45, 7) is 4.80. The van der Waals surface area contributed by atoms with E-state index in [0.29, 0.717) is 5.41 Å². The highest BCUT2D eigenvalue weighted by Crippen LogP contribution is 2.62. The highest BCUT2D eigenvalue weighted by Gasteiger charge is 2.52. The van der Waals surface area contributed by atoms with E-state index >= 15 is 0 Å². The van der Waals surface area contributed by atoms with Gasteiger partial charge in [0.05, 0.1) is 7.11 Å². The summed E-state index contributed by atoms with van der Waals surface area (Å²) in [5, 5.41) is 0. The normalized spacial score (nSPS) is 38.3. The van der Waals surface area contributed by atoms with Gasteiger partial charge >= 0.3 is 0 Å². The topological polar surface area (TPSA) is 9.23 Å². The number of allylic oxidation sites excluding steroid dienone is 2. The minimum atomic E-state index is 0.500. The first-order valence-corrected chi connectivity index (χ1v) is 9.00. The summed E-state index contributed by atoms with van der Waals surface area (Å²) in [5.74, 6) is 3.63. The van der Waals surface area contributed by atoms with Crippen LogP contribution >= 0.6 is 0 Å². The van der Waals surface area contributed by atoms with Gasteiger partial charge in [-0.25, -0.2) is 0 Å². The van der Waals surface area contributed by atoms with Gasteiger partial charge in [-0.05, 0) is 91.9 Å². The minimum absolute atomic E-state index is 0.500. The van der Waals surface area contributed by atoms with Crippen LogP contribution in [0.15, 0.2) is 29.8 Å². The fourth-order valence-electron chi connectivity index (χ4n) is 6.01. The zero-order chi connectivity index (χ0) is 15.3. The van der Waals surface area contributed by atoms with Gasteiger partial charge in [-0.1, -0.05) is 24.6 Å². The van der Waals surface area contributed by atoms with E-state index in [2.05, 4.69) is 38.1 Å². The number of hydrogen-bond acceptors (Lipinski definition) is 1. The second-order valence-corrected chi connectivity index (χ2v) is 7.79. The lowest BCUT2D eigenvalue weighted by molar-refractivity contribution is 0.0813. The van der Waals surface area contributed by atoms with Gasteiger partial charge in [-0.3, -0.25) is 0 Å². The van der Waals surface area contributed by atoms with Crippen molar-refractivity contribution in [2.45, 2.75) is 58.3 Å². The first-order valence-electron chi connectivity index (χ1n) is 9.00. The Morgan fingerprint density at radius 1 is 1.18 bits per heavy atom. The summed E-state index contributed by atoms with van der Waals surface area (Å²) in [5.41, 5.74) is 5.43. The molecule has 0 bridgehead atoms. The minimum Gasteiger partial charge on any atom is -0.497 e. The molecule has 3 aliphatic rings. The largest absolute Gasteiger partial charge is 0.497 e. The van der Waals surface area contributed by atoms with E-state index in [4.69, 9.17) is 4.74 Å². The smallest absolute Gasteiger partial charge is 0.119 e. The van der Waals surface area contributed by atoms with Gasteiger partial charge in [0.1, 0.15) is 5.75 Å². The van der Waals surface area contributed by atoms with Crippen LogP contribution in [0.1, 0.15) is 63.0 Å². The Bertz CT molecular complexity index is 614. The van der Waals surface area contributed by atoms with Crippen molar-refractivity contribution in [1.29, 1.82) is 0 Å². The molecule has 0 spiro atoms. The number of aryl methyl sites for hydroxylation is 1. The molecule has 1 heteroatoms. The molecule has 1 nitrogen and oxygen atoms in total. The van der Waals surface area contributed by atoms with Crippen molar-refractivity contribution in [1.82, 2.24) is 0 Å². The first kappa shape index (κ1) is 14.4. The average Bonchev–Trinajstić information content (AvgIpc) is 2.90. The Kier molecular flexibility index (Phi) is 3.36. The SMILES string of the molecule is C/C=C1\CCC2C3CCc4cc(OC)ccc4C3CCC12C. The third-order valence-electron chi connectivity index (χ3n) is 7.13. The van der Waals surface area contributed by atoms with Crippen molar-refractivity contribution in [3.05, 3.63) is 41.0 Å². The Morgan fingerprint density at radius 3 is 2.82 bits per heavy atom. The van der Waals surface area contributed by atoms with Crippen molar-refractivity contribution in [2.24, 2.45) is 17.3 Å². The van der Waals surface area contributed by atoms with Gasteiger partial charge in [-0.2, -0.15) is 0 Å². The number of fused-ring (bicyclic) bond motifs is 5. The second kappa shape index (κ2) is 5.15. The third-order valence-corrected chi connectivity index (χ3v) is 7.13. The van der Waals surface area contributed by atoms with E-state index in [1.807, 2.05) is 0 Å². The summed E-state index contributed by atoms with van der Waals surface area (Å²) in [6, 6.07) is 6.81. The molecule has 4 rings (SSSR count). The van der Waals surface area contributed by atoms with Crippen LogP contribution in [0.3, 0.4) is 0 Å². The molecule has 4 atom stereocenters. The Morgan fingerprint density at radius 2 is 2.05 bits per heavy atom. The summed E-state index contributed by atoms with van der Waals surface area (Å²) in [7, 11) is 1.77. The summed E-state index contributed by atoms with van der Waals surface area (Å²) < 4.78 is 5.42. The maximum atomic E-state index is 5.42. The predicted octanol–water partition coefficient (Wildman–Crippen LogP) is 5.50. The number of rotatable bonds is 1. The van der Waals surface area contributed by atoms with Crippen LogP contribution in [0.2, 0.25) is 0 Å². The van der Waals surface area contributed by atoms with E-state index in [1.165, 1.54) is 38.5 Å². The molecule has 2 fully saturated rings. The quantitative estimate of drug-likeness (QED) is 0.622. The molecule has 4 unspecified atom stereocenters. The third kappa shape index (κ3) is 1.90. The predicted molar refractivity (Wildman–Crippen MR) is 91.4 cm³/mol. The lowest BCUT2D eigenvalue weighted by Gasteiger charge is -2.49. The number of ether oxygens (including phenoxy) is 1. The second-order valence-electron chi connectivity index (χ2n) is 7.79. The molecule has 0 heterocycles. The van der Waals surface area contributed by atoms with E-state index in [-0.39, 0.29) is 0 Å². The lowest BCUT2D eigenvalue weighted by atomic mass is 9.55. The molecule has 0 radical (unpaired) electrons. The van der Waals surface area contributed by atoms with Gasteiger partial charge < -0.3 is 4.74 Å². The number of hydrogen-bond donors (Lipinski definition) is 0. The molecule has 3 aliphatic carbocycles. The van der Waals surface area contributed by atoms with Crippen molar-refractivity contribution < 1.29 is 4.74 Å². The number of benzene rings is 1. The molecule has 2 saturated carbocycles. The number of methoxy groups -OCH3 is 1. The highest BCUT2D eigenvalue weighted by molar-refractivity contribution is 5.41. The van der Waals surface area contributed by atoms with Crippen LogP contribution in [0, 0.1) is 17.3 Å². The Hall–Kier alpha value is -1.24. The standard InChI is InChI=1S/C21H28O/c1-4-15-6-10-20-19-8-5-14-13-16(22-3)7-9-17(14)18(19)11-12-21(15,20)2/h4,7,9,13,18-20H,5-6,8,10-12H2,1-3H3/b15-4+. The van der Waals surface area contributed by atoms with Crippen LogP contribution in [-0.2, 0) is 6.42 Å². The zero-order valence-corrected chi connectivity index (χ0v) is 14.2. The molecule has 0 saturated heterocycles. The molecule has 0 aliphatic heterocycles. The lowest BCUT2D eigenvalue weighted by Crippen LogP contribution is -2.40. The van der Waals surface area contributed by atoms with E-state index < -0.39 is 0 Å². The Balaban J connectivity index is 1.69. The molecule has 118 valence electrons. The van der Waals surface area contributed by atoms with E-state index in [0.717, 1.165) is 23.5 Å². The van der Waals surface area contributed by atoms with Crippen LogP contribution in [0.5, 0.6) is 5.75 Å². The fraction of sp³-hybridized carbons (Fsp3) is 0.619. The maximum absolute atomic E-state index is 5.42. The molecule has 0 N–H and O–H groups in total. The average molecular weight is 296 g/mol. The molecule has 0 amide bonds. The van der Waals surface area contributed by atoms with Crippen LogP contribution in [0.4, 0.5) is 0 Å². The zero-order valence-electron chi connectivity index (χ0n) is 14.2. The van der Waals surface area contributed by atoms with Gasteiger partial charge in [0, 0.05) is 0 Å². The van der Waals surface area contributed by atoms with Crippen molar-refractivity contribution >= 4 is 0 Å². The van der Waals surface area contributed by atoms with Gasteiger partial charge in [0.2, 0.25) is 0 Å².